The van der Waals surface area contributed by atoms with E-state index >= 15 is 0 Å². The fourth-order valence-corrected chi connectivity index (χ4v) is 0.310. The monoisotopic (exact) mass is 97.0 g/mol. The summed E-state index contributed by atoms with van der Waals surface area (Å²) >= 11 is 0. The Morgan fingerprint density at radius 3 is 3.14 bits per heavy atom. The third-order valence-electron chi connectivity index (χ3n) is 0.683. The zero-order chi connectivity index (χ0) is 5.11. The molecule has 0 fully saturated rings. The molecule has 0 aliphatic rings. The van der Waals surface area contributed by atoms with Gasteiger partial charge in [0.15, 0.2) is 5.16 Å². The zero-order valence-corrected chi connectivity index (χ0v) is 4.01. The lowest BCUT2D eigenvalue weighted by Gasteiger charge is -1.56. The van der Waals surface area contributed by atoms with E-state index in [2.05, 4.69) is 21.1 Å². The van der Waals surface area contributed by atoms with Crippen LogP contribution in [0.25, 0.3) is 0 Å². The maximum absolute atomic E-state index is 4.32. The Hall–Kier alpha value is -1.04. The second kappa shape index (κ2) is 1.61. The lowest BCUT2D eigenvalue weighted by atomic mass is 10.5. The molecule has 0 saturated heterocycles. The standard InChI is InChI=1S/C4H5N2O/c1-2-4-5-3-7-6-4/h2H2,1H3/q+1. The molecule has 0 N–H and O–H groups in total. The van der Waals surface area contributed by atoms with Gasteiger partial charge in [0.25, 0.3) is 0 Å². The van der Waals surface area contributed by atoms with Crippen LogP contribution >= 0.6 is 0 Å². The van der Waals surface area contributed by atoms with Gasteiger partial charge >= 0.3 is 12.2 Å². The average Bonchev–Trinajstić information content (AvgIpc) is 2.14. The van der Waals surface area contributed by atoms with Gasteiger partial charge in [-0.3, -0.25) is 0 Å². The third-order valence-corrected chi connectivity index (χ3v) is 0.683. The van der Waals surface area contributed by atoms with E-state index in [1.807, 2.05) is 6.92 Å². The van der Waals surface area contributed by atoms with Crippen LogP contribution in [0.4, 0.5) is 0 Å². The Morgan fingerprint density at radius 1 is 2.00 bits per heavy atom. The number of rotatable bonds is 1. The predicted octanol–water partition coefficient (Wildman–Crippen LogP) is -0.363. The second-order valence-corrected chi connectivity index (χ2v) is 1.16. The summed E-state index contributed by atoms with van der Waals surface area (Å²) in [4.78, 5) is 3.63. The van der Waals surface area contributed by atoms with Crippen molar-refractivity contribution in [1.29, 1.82) is 0 Å². The van der Waals surface area contributed by atoms with Crippen LogP contribution in [0.5, 0.6) is 0 Å². The first-order chi connectivity index (χ1) is 3.43. The topological polar surface area (TPSA) is 40.1 Å². The van der Waals surface area contributed by atoms with E-state index in [0.717, 1.165) is 6.42 Å². The van der Waals surface area contributed by atoms with Crippen LogP contribution in [-0.4, -0.2) is 5.16 Å². The van der Waals surface area contributed by atoms with Crippen molar-refractivity contribution in [3.8, 4) is 0 Å². The van der Waals surface area contributed by atoms with Crippen molar-refractivity contribution >= 4 is 0 Å². The fourth-order valence-electron chi connectivity index (χ4n) is 0.310. The highest BCUT2D eigenvalue weighted by Crippen LogP contribution is 1.75. The quantitative estimate of drug-likeness (QED) is 0.480. The second-order valence-electron chi connectivity index (χ2n) is 1.16. The molecular formula is C4H5N2O+. The largest absolute Gasteiger partial charge is 0.450 e. The van der Waals surface area contributed by atoms with E-state index in [4.69, 9.17) is 0 Å². The van der Waals surface area contributed by atoms with Crippen LogP contribution in [-0.2, 0) is 6.42 Å². The summed E-state index contributed by atoms with van der Waals surface area (Å²) in [6.07, 6.45) is 3.06. The molecule has 36 valence electrons. The summed E-state index contributed by atoms with van der Waals surface area (Å²) in [6.45, 7) is 1.96. The van der Waals surface area contributed by atoms with Crippen LogP contribution in [0, 0.1) is 6.39 Å². The maximum Gasteiger partial charge on any atom is 0.450 e. The van der Waals surface area contributed by atoms with Crippen molar-refractivity contribution in [2.24, 2.45) is 0 Å². The van der Waals surface area contributed by atoms with Gasteiger partial charge in [-0.05, 0) is 0 Å². The SMILES string of the molecule is CCc1noc#[n+]1. The minimum absolute atomic E-state index is 0.708. The molecule has 0 spiro atoms. The molecule has 3 heteroatoms. The van der Waals surface area contributed by atoms with Gasteiger partial charge in [-0.2, -0.15) is 0 Å². The minimum Gasteiger partial charge on any atom is -0.147 e. The summed E-state index contributed by atoms with van der Waals surface area (Å²) in [5.41, 5.74) is 0. The number of hydrogen-bond acceptors (Lipinski definition) is 2. The van der Waals surface area contributed by atoms with E-state index in [-0.39, 0.29) is 0 Å². The molecule has 0 amide bonds. The van der Waals surface area contributed by atoms with Crippen molar-refractivity contribution in [2.75, 3.05) is 0 Å². The van der Waals surface area contributed by atoms with Crippen molar-refractivity contribution in [3.05, 3.63) is 12.2 Å². The molecule has 1 aromatic heterocycles. The summed E-state index contributed by atoms with van der Waals surface area (Å²) in [7, 11) is 0. The van der Waals surface area contributed by atoms with Crippen LogP contribution in [0.2, 0.25) is 0 Å². The van der Waals surface area contributed by atoms with E-state index in [0.29, 0.717) is 5.82 Å². The van der Waals surface area contributed by atoms with Crippen molar-refractivity contribution in [2.45, 2.75) is 13.3 Å². The summed E-state index contributed by atoms with van der Waals surface area (Å²) in [5, 5.41) is 3.49. The molecule has 0 radical (unpaired) electrons. The molecule has 1 rings (SSSR count). The highest BCUT2D eigenvalue weighted by Gasteiger charge is 2.03. The molecule has 0 aliphatic heterocycles. The smallest absolute Gasteiger partial charge is 0.147 e. The molecule has 7 heavy (non-hydrogen) atoms. The highest BCUT2D eigenvalue weighted by atomic mass is 16.5. The average molecular weight is 97.1 g/mol. The highest BCUT2D eigenvalue weighted by molar-refractivity contribution is 4.60. The van der Waals surface area contributed by atoms with E-state index in [1.54, 1.807) is 0 Å². The Bertz CT molecular complexity index is 124. The van der Waals surface area contributed by atoms with E-state index in [1.165, 1.54) is 0 Å². The normalized spacial score (nSPS) is 8.14. The predicted molar refractivity (Wildman–Crippen MR) is 20.3 cm³/mol. The molecule has 0 aromatic carbocycles. The van der Waals surface area contributed by atoms with Crippen LogP contribution in [0.15, 0.2) is 4.52 Å². The summed E-state index contributed by atoms with van der Waals surface area (Å²) in [5.74, 6) is 0.708. The molecule has 1 heterocycles. The van der Waals surface area contributed by atoms with Gasteiger partial charge in [0.05, 0.1) is 6.42 Å². The Balaban J connectivity index is 2.76. The summed E-state index contributed by atoms with van der Waals surface area (Å²) in [6, 6.07) is 0. The molecule has 0 unspecified atom stereocenters. The zero-order valence-electron chi connectivity index (χ0n) is 4.01. The molecule has 0 aliphatic carbocycles. The van der Waals surface area contributed by atoms with Crippen LogP contribution < -0.4 is 4.98 Å². The molecule has 0 bridgehead atoms. The minimum atomic E-state index is 0.708. The lowest BCUT2D eigenvalue weighted by Crippen LogP contribution is -1.96. The van der Waals surface area contributed by atoms with Gasteiger partial charge in [-0.25, -0.2) is 0 Å². The van der Waals surface area contributed by atoms with Gasteiger partial charge in [0.2, 0.25) is 0 Å². The lowest BCUT2D eigenvalue weighted by molar-refractivity contribution is -0.310. The van der Waals surface area contributed by atoms with Crippen LogP contribution in [0.3, 0.4) is 0 Å². The Kier molecular flexibility index (Phi) is 0.947. The van der Waals surface area contributed by atoms with Gasteiger partial charge < -0.3 is 0 Å². The van der Waals surface area contributed by atoms with Gasteiger partial charge in [0, 0.05) is 0 Å². The van der Waals surface area contributed by atoms with Gasteiger partial charge in [-0.1, -0.05) is 6.92 Å². The summed E-state index contributed by atoms with van der Waals surface area (Å²) < 4.78 is 4.32. The molecule has 3 nitrogen and oxygen atoms in total. The van der Waals surface area contributed by atoms with Crippen molar-refractivity contribution in [1.82, 2.24) is 5.16 Å². The first-order valence-corrected chi connectivity index (χ1v) is 2.12. The number of aromatic nitrogens is 2. The number of hydrogen-bond donors (Lipinski definition) is 0. The van der Waals surface area contributed by atoms with Gasteiger partial charge in [0.1, 0.15) is 0 Å². The van der Waals surface area contributed by atoms with E-state index in [9.17, 15) is 0 Å². The van der Waals surface area contributed by atoms with Gasteiger partial charge in [-0.15, -0.1) is 9.51 Å². The Labute approximate surface area is 41.3 Å². The number of nitrogens with zero attached hydrogens (tertiary/aromatic N) is 2. The van der Waals surface area contributed by atoms with Crippen molar-refractivity contribution in [3.63, 3.8) is 0 Å². The van der Waals surface area contributed by atoms with Crippen LogP contribution in [0.1, 0.15) is 12.7 Å². The first-order valence-electron chi connectivity index (χ1n) is 2.12. The maximum atomic E-state index is 4.32. The fraction of sp³-hybridized carbons (Fsp3) is 0.500. The molecule has 0 saturated carbocycles. The molecular weight excluding hydrogens is 92.1 g/mol. The first kappa shape index (κ1) is 4.13. The van der Waals surface area contributed by atoms with Crippen molar-refractivity contribution < 1.29 is 9.51 Å². The third kappa shape index (κ3) is 0.686. The molecule has 0 atom stereocenters. The number of aryl methyl sites for hydroxylation is 1. The van der Waals surface area contributed by atoms with E-state index < -0.39 is 0 Å². The Morgan fingerprint density at radius 2 is 2.86 bits per heavy atom. The molecule has 1 aromatic rings.